The van der Waals surface area contributed by atoms with Gasteiger partial charge >= 0.3 is 41.8 Å². The first-order valence-electron chi connectivity index (χ1n) is 37.1. The lowest BCUT2D eigenvalue weighted by Crippen LogP contribution is -2.25. The van der Waals surface area contributed by atoms with Gasteiger partial charge in [-0.05, 0) is 49.9 Å². The van der Waals surface area contributed by atoms with E-state index in [9.17, 15) is 33.6 Å². The van der Waals surface area contributed by atoms with Gasteiger partial charge in [0, 0.05) is 36.0 Å². The molecule has 0 saturated heterocycles. The van der Waals surface area contributed by atoms with Crippen LogP contribution in [0.4, 0.5) is 0 Å². The van der Waals surface area contributed by atoms with Crippen LogP contribution in [-0.2, 0) is 67.7 Å². The molecule has 522 valence electrons. The Labute approximate surface area is 561 Å². The molecular formula is C79H122O14. The van der Waals surface area contributed by atoms with Crippen LogP contribution < -0.4 is 4.74 Å². The molecule has 3 aromatic carbocycles. The topological polar surface area (TPSA) is 184 Å². The van der Waals surface area contributed by atoms with Gasteiger partial charge in [0.2, 0.25) is 0 Å². The Bertz CT molecular complexity index is 2480. The number of ether oxygens (including phenoxy) is 5. The second-order valence-corrected chi connectivity index (χ2v) is 25.6. The average molecular weight is 1300 g/mol. The highest BCUT2D eigenvalue weighted by molar-refractivity contribution is 5.95. The summed E-state index contributed by atoms with van der Waals surface area (Å²) in [4.78, 5) is 104. The van der Waals surface area contributed by atoms with Crippen LogP contribution in [0.3, 0.4) is 0 Å². The van der Waals surface area contributed by atoms with E-state index in [2.05, 4.69) is 20.8 Å². The van der Waals surface area contributed by atoms with E-state index in [4.69, 9.17) is 33.5 Å². The predicted molar refractivity (Wildman–Crippen MR) is 369 cm³/mol. The maximum Gasteiger partial charge on any atom is 0.386 e. The molecule has 0 aliphatic heterocycles. The first-order valence-corrected chi connectivity index (χ1v) is 37.1. The Morgan fingerprint density at radius 3 is 1.00 bits per heavy atom. The minimum atomic E-state index is -1.14. The molecule has 0 fully saturated rings. The van der Waals surface area contributed by atoms with Crippen LogP contribution in [0.2, 0.25) is 0 Å². The van der Waals surface area contributed by atoms with Crippen molar-refractivity contribution < 1.29 is 67.0 Å². The summed E-state index contributed by atoms with van der Waals surface area (Å²) in [6, 6.07) is 17.4. The molecule has 0 N–H and O–H groups in total. The van der Waals surface area contributed by atoms with Crippen molar-refractivity contribution in [1.82, 2.24) is 0 Å². The monoisotopic (exact) mass is 1290 g/mol. The standard InChI is InChI=1S/C79H122O14/c1-5-9-13-16-19-22-25-28-31-34-37-40-43-58-73(80)87-62-65-51-46-48-54-68(65)77(84)90-67(53-12-8-4)61-76(83)91-72-57-50-56-70(71(72)64-89-75(82)60-45-42-39-36-33-30-27-24-21-18-15-11-7-3)79(86)93-92-78(85)69-55-49-47-52-66(69)63-88-74(81)59-44-41-38-35-32-29-26-23-20-17-14-10-6-2/h46-52,54-57,67H,5-45,53,58-64H2,1-4H3. The minimum absolute atomic E-state index is 0.0129. The number of rotatable bonds is 58. The Hall–Kier alpha value is -6.05. The Balaban J connectivity index is 1.62. The average Bonchev–Trinajstić information content (AvgIpc) is 0.970. The van der Waals surface area contributed by atoms with Crippen molar-refractivity contribution in [2.75, 3.05) is 0 Å². The van der Waals surface area contributed by atoms with Gasteiger partial charge in [-0.1, -0.05) is 314 Å². The normalized spacial score (nSPS) is 11.4. The molecule has 0 amide bonds. The molecule has 0 aliphatic carbocycles. The maximum atomic E-state index is 14.0. The number of esters is 5. The van der Waals surface area contributed by atoms with Crippen molar-refractivity contribution in [3.8, 4) is 5.75 Å². The van der Waals surface area contributed by atoms with Crippen molar-refractivity contribution in [1.29, 1.82) is 0 Å². The van der Waals surface area contributed by atoms with Crippen LogP contribution in [0.25, 0.3) is 0 Å². The molecule has 3 aromatic rings. The molecule has 14 heteroatoms. The number of carbonyl (C=O) groups excluding carboxylic acids is 7. The van der Waals surface area contributed by atoms with Crippen LogP contribution >= 0.6 is 0 Å². The molecule has 0 bridgehead atoms. The molecule has 1 atom stereocenters. The summed E-state index contributed by atoms with van der Waals surface area (Å²) in [5.74, 6) is -4.98. The maximum absolute atomic E-state index is 14.0. The third-order valence-corrected chi connectivity index (χ3v) is 17.4. The SMILES string of the molecule is CCCCCCCCCCCCCCCC(=O)OCc1ccccc1C(=O)OOC(=O)c1cccc(OC(=O)CC(CCCC)OC(=O)c2ccccc2COC(=O)CCCCCCCCCCCCCCC)c1COC(=O)CCCCCCCCCCCCCCC. The van der Waals surface area contributed by atoms with Crippen LogP contribution in [0, 0.1) is 0 Å². The van der Waals surface area contributed by atoms with Gasteiger partial charge in [-0.3, -0.25) is 19.2 Å². The van der Waals surface area contributed by atoms with Crippen LogP contribution in [0.5, 0.6) is 5.75 Å². The van der Waals surface area contributed by atoms with E-state index in [0.29, 0.717) is 43.2 Å². The van der Waals surface area contributed by atoms with Gasteiger partial charge in [0.05, 0.1) is 23.1 Å². The van der Waals surface area contributed by atoms with E-state index >= 15 is 0 Å². The highest BCUT2D eigenvalue weighted by Gasteiger charge is 2.27. The van der Waals surface area contributed by atoms with Gasteiger partial charge in [-0.15, -0.1) is 0 Å². The van der Waals surface area contributed by atoms with Crippen LogP contribution in [0.15, 0.2) is 66.7 Å². The number of hydrogen-bond acceptors (Lipinski definition) is 14. The summed E-state index contributed by atoms with van der Waals surface area (Å²) in [6.07, 6.45) is 47.3. The summed E-state index contributed by atoms with van der Waals surface area (Å²) >= 11 is 0. The van der Waals surface area contributed by atoms with Crippen molar-refractivity contribution in [2.45, 2.75) is 349 Å². The molecule has 14 nitrogen and oxygen atoms in total. The van der Waals surface area contributed by atoms with Crippen LogP contribution in [0.1, 0.15) is 371 Å². The number of unbranched alkanes of at least 4 members (excludes halogenated alkanes) is 37. The summed E-state index contributed by atoms with van der Waals surface area (Å²) in [5, 5.41) is 0. The first-order chi connectivity index (χ1) is 45.5. The van der Waals surface area contributed by atoms with E-state index in [1.807, 2.05) is 6.92 Å². The fourth-order valence-electron chi connectivity index (χ4n) is 11.6. The van der Waals surface area contributed by atoms with Crippen molar-refractivity contribution in [3.63, 3.8) is 0 Å². The Kier molecular flexibility index (Phi) is 48.2. The lowest BCUT2D eigenvalue weighted by atomic mass is 10.0. The second-order valence-electron chi connectivity index (χ2n) is 25.6. The lowest BCUT2D eigenvalue weighted by Gasteiger charge is -2.19. The van der Waals surface area contributed by atoms with E-state index in [1.165, 1.54) is 204 Å². The third kappa shape index (κ3) is 40.1. The van der Waals surface area contributed by atoms with E-state index in [1.54, 1.807) is 42.5 Å². The molecule has 0 aliphatic rings. The summed E-state index contributed by atoms with van der Waals surface area (Å²) in [5.41, 5.74) is 0.836. The minimum Gasteiger partial charge on any atom is -0.461 e. The zero-order valence-electron chi connectivity index (χ0n) is 58.3. The van der Waals surface area contributed by atoms with Gasteiger partial charge in [-0.2, -0.15) is 0 Å². The zero-order chi connectivity index (χ0) is 67.0. The van der Waals surface area contributed by atoms with Gasteiger partial charge in [0.25, 0.3) is 0 Å². The highest BCUT2D eigenvalue weighted by Crippen LogP contribution is 2.28. The molecular weight excluding hydrogens is 1170 g/mol. The third-order valence-electron chi connectivity index (χ3n) is 17.4. The summed E-state index contributed by atoms with van der Waals surface area (Å²) in [6.45, 7) is 7.91. The van der Waals surface area contributed by atoms with Gasteiger partial charge in [0.1, 0.15) is 31.7 Å². The van der Waals surface area contributed by atoms with E-state index < -0.39 is 42.6 Å². The fourth-order valence-corrected chi connectivity index (χ4v) is 11.6. The Morgan fingerprint density at radius 1 is 0.312 bits per heavy atom. The first kappa shape index (κ1) is 81.2. The number of hydrogen-bond donors (Lipinski definition) is 0. The fraction of sp³-hybridized carbons (Fsp3) is 0.684. The van der Waals surface area contributed by atoms with E-state index in [0.717, 1.165) is 64.2 Å². The Morgan fingerprint density at radius 2 is 0.624 bits per heavy atom. The molecule has 93 heavy (non-hydrogen) atoms. The molecule has 0 saturated carbocycles. The molecule has 0 heterocycles. The van der Waals surface area contributed by atoms with Crippen molar-refractivity contribution >= 4 is 41.8 Å². The largest absolute Gasteiger partial charge is 0.461 e. The lowest BCUT2D eigenvalue weighted by molar-refractivity contribution is -0.187. The van der Waals surface area contributed by atoms with Crippen molar-refractivity contribution in [2.24, 2.45) is 0 Å². The summed E-state index contributed by atoms with van der Waals surface area (Å²) in [7, 11) is 0. The van der Waals surface area contributed by atoms with Gasteiger partial charge in [-0.25, -0.2) is 24.2 Å². The second kappa shape index (κ2) is 55.3. The van der Waals surface area contributed by atoms with Gasteiger partial charge in [0.15, 0.2) is 0 Å². The van der Waals surface area contributed by atoms with Crippen molar-refractivity contribution in [3.05, 3.63) is 100 Å². The number of carbonyl (C=O) groups is 7. The van der Waals surface area contributed by atoms with Gasteiger partial charge < -0.3 is 23.7 Å². The quantitative estimate of drug-likeness (QED) is 0.0130. The summed E-state index contributed by atoms with van der Waals surface area (Å²) < 4.78 is 28.8. The zero-order valence-corrected chi connectivity index (χ0v) is 58.3. The molecule has 1 unspecified atom stereocenters. The molecule has 3 rings (SSSR count). The molecule has 0 aromatic heterocycles. The predicted octanol–water partition coefficient (Wildman–Crippen LogP) is 21.9. The van der Waals surface area contributed by atoms with E-state index in [-0.39, 0.29) is 72.4 Å². The molecule has 0 radical (unpaired) electrons. The van der Waals surface area contributed by atoms with Crippen LogP contribution in [-0.4, -0.2) is 47.9 Å². The highest BCUT2D eigenvalue weighted by atomic mass is 17.2. The smallest absolute Gasteiger partial charge is 0.386 e. The number of benzene rings is 3. The molecule has 0 spiro atoms.